The first-order chi connectivity index (χ1) is 8.67. The molecule has 0 aliphatic carbocycles. The number of β-amino-alcohol motifs (C(OH)–C–C–N with tert-alkyl or cyclic N) is 1. The van der Waals surface area contributed by atoms with Gasteiger partial charge >= 0.3 is 0 Å². The predicted octanol–water partition coefficient (Wildman–Crippen LogP) is 1.65. The van der Waals surface area contributed by atoms with E-state index in [1.54, 1.807) is 23.8 Å². The molecule has 18 heavy (non-hydrogen) atoms. The van der Waals surface area contributed by atoms with E-state index < -0.39 is 0 Å². The number of rotatable bonds is 4. The maximum atomic E-state index is 12.0. The fourth-order valence-corrected chi connectivity index (χ4v) is 3.35. The van der Waals surface area contributed by atoms with Crippen molar-refractivity contribution in [1.29, 1.82) is 0 Å². The number of carbonyl (C=O) groups excluding carboxylic acids is 1. The molecule has 1 aromatic carbocycles. The van der Waals surface area contributed by atoms with E-state index in [2.05, 4.69) is 0 Å². The van der Waals surface area contributed by atoms with Crippen LogP contribution in [0.4, 0.5) is 0 Å². The van der Waals surface area contributed by atoms with E-state index in [0.29, 0.717) is 6.54 Å². The molecule has 2 unspecified atom stereocenters. The maximum Gasteiger partial charge on any atom is 0.236 e. The smallest absolute Gasteiger partial charge is 0.236 e. The zero-order chi connectivity index (χ0) is 13.1. The van der Waals surface area contributed by atoms with Crippen molar-refractivity contribution in [3.63, 3.8) is 0 Å². The second-order valence-electron chi connectivity index (χ2n) is 4.16. The first-order valence-electron chi connectivity index (χ1n) is 5.88. The number of amides is 1. The van der Waals surface area contributed by atoms with E-state index in [9.17, 15) is 4.79 Å². The lowest BCUT2D eigenvalue weighted by atomic mass is 10.2. The summed E-state index contributed by atoms with van der Waals surface area (Å²) < 4.78 is 5.12. The van der Waals surface area contributed by atoms with Crippen LogP contribution in [0.5, 0.6) is 5.75 Å². The van der Waals surface area contributed by atoms with E-state index in [1.807, 2.05) is 31.2 Å². The summed E-state index contributed by atoms with van der Waals surface area (Å²) in [5.41, 5.74) is 1.06. The SMILES string of the molecule is COc1ccc(C2SC(C)C(=O)N2CCO)cc1. The molecule has 1 saturated heterocycles. The third-order valence-corrected chi connectivity index (χ3v) is 4.38. The Labute approximate surface area is 111 Å². The summed E-state index contributed by atoms with van der Waals surface area (Å²) in [4.78, 5) is 13.7. The highest BCUT2D eigenvalue weighted by atomic mass is 32.2. The molecule has 0 bridgehead atoms. The first kappa shape index (κ1) is 13.2. The van der Waals surface area contributed by atoms with Crippen molar-refractivity contribution in [1.82, 2.24) is 4.90 Å². The average Bonchev–Trinajstić information content (AvgIpc) is 2.68. The van der Waals surface area contributed by atoms with Gasteiger partial charge in [0.2, 0.25) is 5.91 Å². The van der Waals surface area contributed by atoms with E-state index >= 15 is 0 Å². The van der Waals surface area contributed by atoms with Crippen molar-refractivity contribution in [2.75, 3.05) is 20.3 Å². The molecule has 5 heteroatoms. The quantitative estimate of drug-likeness (QED) is 0.901. The average molecular weight is 267 g/mol. The van der Waals surface area contributed by atoms with Crippen molar-refractivity contribution in [3.05, 3.63) is 29.8 Å². The van der Waals surface area contributed by atoms with Gasteiger partial charge in [-0.25, -0.2) is 0 Å². The van der Waals surface area contributed by atoms with Crippen LogP contribution >= 0.6 is 11.8 Å². The van der Waals surface area contributed by atoms with E-state index in [-0.39, 0.29) is 23.1 Å². The molecule has 1 aliphatic rings. The van der Waals surface area contributed by atoms with Crippen LogP contribution in [-0.4, -0.2) is 41.4 Å². The van der Waals surface area contributed by atoms with Gasteiger partial charge in [-0.3, -0.25) is 4.79 Å². The fraction of sp³-hybridized carbons (Fsp3) is 0.462. The summed E-state index contributed by atoms with van der Waals surface area (Å²) in [6, 6.07) is 7.71. The number of aliphatic hydroxyl groups is 1. The number of nitrogens with zero attached hydrogens (tertiary/aromatic N) is 1. The largest absolute Gasteiger partial charge is 0.497 e. The Kier molecular flexibility index (Phi) is 4.14. The second kappa shape index (κ2) is 5.63. The Bertz CT molecular complexity index is 421. The van der Waals surface area contributed by atoms with Crippen molar-refractivity contribution < 1.29 is 14.6 Å². The zero-order valence-electron chi connectivity index (χ0n) is 10.5. The maximum absolute atomic E-state index is 12.0. The normalized spacial score (nSPS) is 23.5. The third-order valence-electron chi connectivity index (χ3n) is 2.99. The van der Waals surface area contributed by atoms with Gasteiger partial charge in [0.25, 0.3) is 0 Å². The molecule has 1 fully saturated rings. The second-order valence-corrected chi connectivity index (χ2v) is 5.58. The van der Waals surface area contributed by atoms with Gasteiger partial charge in [-0.2, -0.15) is 0 Å². The van der Waals surface area contributed by atoms with Crippen molar-refractivity contribution in [2.24, 2.45) is 0 Å². The van der Waals surface area contributed by atoms with E-state index in [4.69, 9.17) is 9.84 Å². The molecule has 0 spiro atoms. The molecule has 0 radical (unpaired) electrons. The van der Waals surface area contributed by atoms with Gasteiger partial charge in [-0.1, -0.05) is 12.1 Å². The highest BCUT2D eigenvalue weighted by Gasteiger charge is 2.37. The molecule has 1 N–H and O–H groups in total. The zero-order valence-corrected chi connectivity index (χ0v) is 11.3. The first-order valence-corrected chi connectivity index (χ1v) is 6.82. The minimum Gasteiger partial charge on any atom is -0.497 e. The standard InChI is InChI=1S/C13H17NO3S/c1-9-12(16)14(7-8-15)13(18-9)10-3-5-11(17-2)6-4-10/h3-6,9,13,15H,7-8H2,1-2H3. The molecule has 98 valence electrons. The summed E-state index contributed by atoms with van der Waals surface area (Å²) in [6.45, 7) is 2.28. The molecule has 2 rings (SSSR count). The van der Waals surface area contributed by atoms with Gasteiger partial charge in [0, 0.05) is 6.54 Å². The lowest BCUT2D eigenvalue weighted by molar-refractivity contribution is -0.130. The highest BCUT2D eigenvalue weighted by molar-refractivity contribution is 8.01. The number of methoxy groups -OCH3 is 1. The monoisotopic (exact) mass is 267 g/mol. The number of aliphatic hydroxyl groups excluding tert-OH is 1. The number of ether oxygens (including phenoxy) is 1. The van der Waals surface area contributed by atoms with Crippen LogP contribution in [0, 0.1) is 0 Å². The molecular formula is C13H17NO3S. The van der Waals surface area contributed by atoms with Crippen molar-refractivity contribution in [3.8, 4) is 5.75 Å². The predicted molar refractivity (Wildman–Crippen MR) is 71.6 cm³/mol. The van der Waals surface area contributed by atoms with Gasteiger partial charge in [-0.05, 0) is 24.6 Å². The van der Waals surface area contributed by atoms with Crippen LogP contribution in [0.3, 0.4) is 0 Å². The lowest BCUT2D eigenvalue weighted by Crippen LogP contribution is -2.32. The Morgan fingerprint density at radius 2 is 2.06 bits per heavy atom. The molecule has 0 saturated carbocycles. The fourth-order valence-electron chi connectivity index (χ4n) is 2.04. The molecule has 4 nitrogen and oxygen atoms in total. The summed E-state index contributed by atoms with van der Waals surface area (Å²) in [5.74, 6) is 0.893. The van der Waals surface area contributed by atoms with Crippen molar-refractivity contribution >= 4 is 17.7 Å². The van der Waals surface area contributed by atoms with E-state index in [1.165, 1.54) is 0 Å². The summed E-state index contributed by atoms with van der Waals surface area (Å²) in [5, 5.41) is 8.99. The van der Waals surface area contributed by atoms with Crippen LogP contribution in [0.2, 0.25) is 0 Å². The lowest BCUT2D eigenvalue weighted by Gasteiger charge is -2.23. The van der Waals surface area contributed by atoms with Gasteiger partial charge in [0.05, 0.1) is 19.0 Å². The van der Waals surface area contributed by atoms with Gasteiger partial charge < -0.3 is 14.7 Å². The molecule has 1 aliphatic heterocycles. The summed E-state index contributed by atoms with van der Waals surface area (Å²) in [7, 11) is 1.63. The molecular weight excluding hydrogens is 250 g/mol. The number of hydrogen-bond donors (Lipinski definition) is 1. The van der Waals surface area contributed by atoms with Gasteiger partial charge in [0.1, 0.15) is 11.1 Å². The Hall–Kier alpha value is -1.20. The van der Waals surface area contributed by atoms with Crippen LogP contribution in [0.25, 0.3) is 0 Å². The minimum absolute atomic E-state index is 0.00826. The van der Waals surface area contributed by atoms with E-state index in [0.717, 1.165) is 11.3 Å². The number of hydrogen-bond acceptors (Lipinski definition) is 4. The van der Waals surface area contributed by atoms with Crippen LogP contribution in [-0.2, 0) is 4.79 Å². The molecule has 0 aromatic heterocycles. The van der Waals surface area contributed by atoms with Gasteiger partial charge in [0.15, 0.2) is 0 Å². The summed E-state index contributed by atoms with van der Waals surface area (Å²) in [6.07, 6.45) is 0. The van der Waals surface area contributed by atoms with Crippen LogP contribution in [0.15, 0.2) is 24.3 Å². The summed E-state index contributed by atoms with van der Waals surface area (Å²) >= 11 is 1.61. The number of carbonyl (C=O) groups is 1. The number of thioether (sulfide) groups is 1. The van der Waals surface area contributed by atoms with Gasteiger partial charge in [-0.15, -0.1) is 11.8 Å². The molecule has 1 aromatic rings. The van der Waals surface area contributed by atoms with Crippen LogP contribution in [0.1, 0.15) is 17.9 Å². The Morgan fingerprint density at radius 3 is 2.61 bits per heavy atom. The minimum atomic E-state index is -0.0522. The topological polar surface area (TPSA) is 49.8 Å². The Morgan fingerprint density at radius 1 is 1.39 bits per heavy atom. The van der Waals surface area contributed by atoms with Crippen LogP contribution < -0.4 is 4.74 Å². The number of benzene rings is 1. The molecule has 1 amide bonds. The third kappa shape index (κ3) is 2.47. The van der Waals surface area contributed by atoms with Crippen molar-refractivity contribution in [2.45, 2.75) is 17.5 Å². The molecule has 2 atom stereocenters. The molecule has 1 heterocycles. The Balaban J connectivity index is 2.22. The highest BCUT2D eigenvalue weighted by Crippen LogP contribution is 2.42.